The highest BCUT2D eigenvalue weighted by Gasteiger charge is 2.20. The largest absolute Gasteiger partial charge is 0.481 e. The maximum Gasteiger partial charge on any atom is 0.213 e. The van der Waals surface area contributed by atoms with E-state index in [9.17, 15) is 0 Å². The van der Waals surface area contributed by atoms with Crippen LogP contribution in [0.15, 0.2) is 43.0 Å². The zero-order valence-corrected chi connectivity index (χ0v) is 13.6. The monoisotopic (exact) mass is 308 g/mol. The summed E-state index contributed by atoms with van der Waals surface area (Å²) >= 11 is 0. The SMILES string of the molecule is COc1cccc(CC(c2cnc[nH]2)c2ccnc(C)c2C)n1. The van der Waals surface area contributed by atoms with Gasteiger partial charge in [-0.1, -0.05) is 6.07 Å². The van der Waals surface area contributed by atoms with Gasteiger partial charge in [0.2, 0.25) is 5.88 Å². The molecule has 0 bridgehead atoms. The molecule has 5 nitrogen and oxygen atoms in total. The number of aryl methyl sites for hydroxylation is 1. The predicted octanol–water partition coefficient (Wildman–Crippen LogP) is 3.20. The second kappa shape index (κ2) is 6.60. The molecule has 3 aromatic rings. The summed E-state index contributed by atoms with van der Waals surface area (Å²) < 4.78 is 5.23. The molecule has 1 unspecified atom stereocenters. The average molecular weight is 308 g/mol. The molecule has 0 radical (unpaired) electrons. The van der Waals surface area contributed by atoms with Crippen molar-refractivity contribution < 1.29 is 4.74 Å². The van der Waals surface area contributed by atoms with Crippen molar-refractivity contribution in [3.8, 4) is 5.88 Å². The lowest BCUT2D eigenvalue weighted by Gasteiger charge is -2.19. The van der Waals surface area contributed by atoms with Gasteiger partial charge in [-0.2, -0.15) is 0 Å². The molecule has 3 rings (SSSR count). The molecule has 0 aliphatic heterocycles. The van der Waals surface area contributed by atoms with Crippen LogP contribution in [0.5, 0.6) is 5.88 Å². The Kier molecular flexibility index (Phi) is 4.37. The number of hydrogen-bond acceptors (Lipinski definition) is 4. The molecule has 0 spiro atoms. The number of pyridine rings is 2. The maximum absolute atomic E-state index is 5.23. The van der Waals surface area contributed by atoms with Gasteiger partial charge in [0.25, 0.3) is 0 Å². The van der Waals surface area contributed by atoms with Crippen LogP contribution < -0.4 is 4.74 Å². The summed E-state index contributed by atoms with van der Waals surface area (Å²) in [6.45, 7) is 4.15. The van der Waals surface area contributed by atoms with Gasteiger partial charge >= 0.3 is 0 Å². The first-order chi connectivity index (χ1) is 11.2. The number of ether oxygens (including phenoxy) is 1. The minimum atomic E-state index is 0.152. The molecule has 0 aliphatic carbocycles. The van der Waals surface area contributed by atoms with E-state index in [2.05, 4.69) is 32.9 Å². The van der Waals surface area contributed by atoms with Crippen molar-refractivity contribution in [1.29, 1.82) is 0 Å². The third-order valence-corrected chi connectivity index (χ3v) is 4.17. The number of imidazole rings is 1. The Labute approximate surface area is 135 Å². The van der Waals surface area contributed by atoms with Crippen molar-refractivity contribution in [3.05, 3.63) is 71.2 Å². The van der Waals surface area contributed by atoms with Crippen molar-refractivity contribution in [3.63, 3.8) is 0 Å². The molecule has 0 saturated heterocycles. The van der Waals surface area contributed by atoms with Crippen molar-refractivity contribution in [2.75, 3.05) is 7.11 Å². The summed E-state index contributed by atoms with van der Waals surface area (Å²) in [6, 6.07) is 7.93. The lowest BCUT2D eigenvalue weighted by Crippen LogP contribution is -2.10. The number of aromatic nitrogens is 4. The molecule has 0 fully saturated rings. The van der Waals surface area contributed by atoms with Crippen LogP contribution in [0.4, 0.5) is 0 Å². The van der Waals surface area contributed by atoms with E-state index in [1.807, 2.05) is 37.5 Å². The standard InChI is InChI=1S/C18H20N4O/c1-12-13(2)20-8-7-15(12)16(17-10-19-11-21-17)9-14-5-4-6-18(22-14)23-3/h4-8,10-11,16H,9H2,1-3H3,(H,19,21). The smallest absolute Gasteiger partial charge is 0.213 e. The van der Waals surface area contributed by atoms with Gasteiger partial charge in [0.15, 0.2) is 0 Å². The van der Waals surface area contributed by atoms with Crippen LogP contribution >= 0.6 is 0 Å². The maximum atomic E-state index is 5.23. The van der Waals surface area contributed by atoms with Crippen molar-refractivity contribution in [2.24, 2.45) is 0 Å². The lowest BCUT2D eigenvalue weighted by molar-refractivity contribution is 0.396. The first kappa shape index (κ1) is 15.2. The van der Waals surface area contributed by atoms with Crippen LogP contribution in [0.2, 0.25) is 0 Å². The van der Waals surface area contributed by atoms with Crippen LogP contribution in [0.1, 0.15) is 34.1 Å². The minimum Gasteiger partial charge on any atom is -0.481 e. The van der Waals surface area contributed by atoms with Gasteiger partial charge in [-0.3, -0.25) is 4.98 Å². The third-order valence-electron chi connectivity index (χ3n) is 4.17. The predicted molar refractivity (Wildman–Crippen MR) is 88.6 cm³/mol. The molecule has 3 aromatic heterocycles. The summed E-state index contributed by atoms with van der Waals surface area (Å²) in [7, 11) is 1.63. The number of methoxy groups -OCH3 is 1. The van der Waals surface area contributed by atoms with Gasteiger partial charge in [-0.25, -0.2) is 9.97 Å². The summed E-state index contributed by atoms with van der Waals surface area (Å²) in [6.07, 6.45) is 6.22. The number of rotatable bonds is 5. The van der Waals surface area contributed by atoms with Gasteiger partial charge in [0, 0.05) is 47.9 Å². The van der Waals surface area contributed by atoms with Crippen LogP contribution in [0.25, 0.3) is 0 Å². The van der Waals surface area contributed by atoms with E-state index in [1.54, 1.807) is 13.4 Å². The van der Waals surface area contributed by atoms with E-state index in [0.717, 1.165) is 23.5 Å². The van der Waals surface area contributed by atoms with E-state index >= 15 is 0 Å². The zero-order chi connectivity index (χ0) is 16.2. The van der Waals surface area contributed by atoms with Gasteiger partial charge in [-0.05, 0) is 37.1 Å². The highest BCUT2D eigenvalue weighted by molar-refractivity contribution is 5.37. The van der Waals surface area contributed by atoms with E-state index in [4.69, 9.17) is 4.74 Å². The van der Waals surface area contributed by atoms with E-state index in [1.165, 1.54) is 11.1 Å². The molecule has 118 valence electrons. The van der Waals surface area contributed by atoms with E-state index < -0.39 is 0 Å². The summed E-state index contributed by atoms with van der Waals surface area (Å²) in [5.41, 5.74) is 5.55. The first-order valence-electron chi connectivity index (χ1n) is 7.59. The fourth-order valence-electron chi connectivity index (χ4n) is 2.78. The summed E-state index contributed by atoms with van der Waals surface area (Å²) in [5.74, 6) is 0.785. The van der Waals surface area contributed by atoms with Crippen molar-refractivity contribution in [1.82, 2.24) is 19.9 Å². The van der Waals surface area contributed by atoms with Crippen LogP contribution in [0, 0.1) is 13.8 Å². The Morgan fingerprint density at radius 3 is 2.83 bits per heavy atom. The molecule has 0 aliphatic rings. The molecule has 0 saturated carbocycles. The van der Waals surface area contributed by atoms with Crippen LogP contribution in [-0.4, -0.2) is 27.0 Å². The van der Waals surface area contributed by atoms with Gasteiger partial charge < -0.3 is 9.72 Å². The Balaban J connectivity index is 2.01. The number of H-pyrrole nitrogens is 1. The molecule has 3 heterocycles. The number of nitrogens with one attached hydrogen (secondary N) is 1. The molecule has 1 atom stereocenters. The molecule has 1 N–H and O–H groups in total. The van der Waals surface area contributed by atoms with Gasteiger partial charge in [0.1, 0.15) is 0 Å². The second-order valence-corrected chi connectivity index (χ2v) is 5.55. The second-order valence-electron chi connectivity index (χ2n) is 5.55. The summed E-state index contributed by atoms with van der Waals surface area (Å²) in [5, 5.41) is 0. The first-order valence-corrected chi connectivity index (χ1v) is 7.59. The molecule has 5 heteroatoms. The Hall–Kier alpha value is -2.69. The Bertz CT molecular complexity index is 783. The third kappa shape index (κ3) is 3.23. The topological polar surface area (TPSA) is 63.7 Å². The normalized spacial score (nSPS) is 12.1. The molecule has 0 aromatic carbocycles. The lowest BCUT2D eigenvalue weighted by atomic mass is 9.88. The Morgan fingerprint density at radius 1 is 1.22 bits per heavy atom. The van der Waals surface area contributed by atoms with Crippen LogP contribution in [0.3, 0.4) is 0 Å². The Morgan fingerprint density at radius 2 is 2.09 bits per heavy atom. The van der Waals surface area contributed by atoms with E-state index in [-0.39, 0.29) is 5.92 Å². The average Bonchev–Trinajstić information content (AvgIpc) is 3.10. The zero-order valence-electron chi connectivity index (χ0n) is 13.6. The number of nitrogens with zero attached hydrogens (tertiary/aromatic N) is 3. The van der Waals surface area contributed by atoms with Gasteiger partial charge in [0.05, 0.1) is 13.4 Å². The minimum absolute atomic E-state index is 0.152. The fraction of sp³-hybridized carbons (Fsp3) is 0.278. The fourth-order valence-corrected chi connectivity index (χ4v) is 2.78. The molecular formula is C18H20N4O. The van der Waals surface area contributed by atoms with Crippen molar-refractivity contribution >= 4 is 0 Å². The molecule has 23 heavy (non-hydrogen) atoms. The highest BCUT2D eigenvalue weighted by Crippen LogP contribution is 2.30. The van der Waals surface area contributed by atoms with E-state index in [0.29, 0.717) is 5.88 Å². The van der Waals surface area contributed by atoms with Crippen molar-refractivity contribution in [2.45, 2.75) is 26.2 Å². The number of hydrogen-bond donors (Lipinski definition) is 1. The highest BCUT2D eigenvalue weighted by atomic mass is 16.5. The van der Waals surface area contributed by atoms with Gasteiger partial charge in [-0.15, -0.1) is 0 Å². The quantitative estimate of drug-likeness (QED) is 0.786. The number of aromatic amines is 1. The van der Waals surface area contributed by atoms with Crippen LogP contribution in [-0.2, 0) is 6.42 Å². The molecular weight excluding hydrogens is 288 g/mol. The molecule has 0 amide bonds. The summed E-state index contributed by atoms with van der Waals surface area (Å²) in [4.78, 5) is 16.3.